The number of fused-ring (bicyclic) bond motifs is 1. The van der Waals surface area contributed by atoms with Crippen molar-refractivity contribution < 1.29 is 19.1 Å². The maximum Gasteiger partial charge on any atom is 0.295 e. The molecule has 0 aliphatic carbocycles. The van der Waals surface area contributed by atoms with Gasteiger partial charge in [-0.3, -0.25) is 19.5 Å². The molecule has 5 heterocycles. The number of rotatable bonds is 10. The number of hydrogen-bond donors (Lipinski definition) is 4. The van der Waals surface area contributed by atoms with Gasteiger partial charge in [-0.15, -0.1) is 5.10 Å². The molecule has 48 heavy (non-hydrogen) atoms. The van der Waals surface area contributed by atoms with Crippen molar-refractivity contribution in [3.63, 3.8) is 0 Å². The minimum Gasteiger partial charge on any atom is -0.494 e. The van der Waals surface area contributed by atoms with Crippen molar-refractivity contribution in [2.75, 3.05) is 64.5 Å². The van der Waals surface area contributed by atoms with Crippen LogP contribution in [-0.2, 0) is 4.79 Å². The van der Waals surface area contributed by atoms with Crippen LogP contribution in [0.15, 0.2) is 59.0 Å². The van der Waals surface area contributed by atoms with E-state index in [0.29, 0.717) is 53.6 Å². The van der Waals surface area contributed by atoms with E-state index in [-0.39, 0.29) is 30.3 Å². The SMILES string of the molecule is C=NN(/C(=N\N)N1CCN(C(=O)C(=O)c2c[nH]c3c(-c4cc(C(=O)NCCN5CCCC5)[nH]n4)ncc(OC)c23)CC1)c1ccccc1. The van der Waals surface area contributed by atoms with Gasteiger partial charge >= 0.3 is 0 Å². The first kappa shape index (κ1) is 32.2. The Morgan fingerprint density at radius 3 is 2.50 bits per heavy atom. The number of nitrogens with zero attached hydrogens (tertiary/aromatic N) is 8. The van der Waals surface area contributed by atoms with Crippen LogP contribution in [0.1, 0.15) is 33.7 Å². The molecule has 0 spiro atoms. The number of amides is 2. The first-order chi connectivity index (χ1) is 23.4. The zero-order chi connectivity index (χ0) is 33.6. The minimum atomic E-state index is -0.698. The second kappa shape index (κ2) is 14.3. The largest absolute Gasteiger partial charge is 0.494 e. The average Bonchev–Trinajstić information content (AvgIpc) is 3.92. The summed E-state index contributed by atoms with van der Waals surface area (Å²) >= 11 is 0. The van der Waals surface area contributed by atoms with Gasteiger partial charge in [0.2, 0.25) is 5.96 Å². The Labute approximate surface area is 276 Å². The number of hydrogen-bond acceptors (Lipinski definition) is 10. The van der Waals surface area contributed by atoms with Gasteiger partial charge in [0.25, 0.3) is 17.6 Å². The number of Topliss-reactive ketones (excluding diaryl/α,β-unsaturated/α-hetero) is 1. The summed E-state index contributed by atoms with van der Waals surface area (Å²) in [4.78, 5) is 53.3. The summed E-state index contributed by atoms with van der Waals surface area (Å²) in [7, 11) is 1.46. The quantitative estimate of drug-likeness (QED) is 0.0486. The minimum absolute atomic E-state index is 0.142. The molecule has 2 aliphatic rings. The molecule has 2 amide bonds. The fraction of sp³-hybridized carbons (Fsp3) is 0.344. The van der Waals surface area contributed by atoms with E-state index in [2.05, 4.69) is 47.3 Å². The second-order valence-electron chi connectivity index (χ2n) is 11.4. The van der Waals surface area contributed by atoms with Gasteiger partial charge in [0.1, 0.15) is 22.8 Å². The molecule has 0 saturated carbocycles. The molecule has 0 unspecified atom stereocenters. The molecule has 16 heteroatoms. The number of ether oxygens (including phenoxy) is 1. The molecule has 3 aromatic heterocycles. The number of piperazine rings is 1. The Morgan fingerprint density at radius 2 is 1.81 bits per heavy atom. The summed E-state index contributed by atoms with van der Waals surface area (Å²) in [6, 6.07) is 10.9. The Bertz CT molecular complexity index is 1820. The van der Waals surface area contributed by atoms with Crippen molar-refractivity contribution in [1.82, 2.24) is 40.2 Å². The molecule has 250 valence electrons. The van der Waals surface area contributed by atoms with E-state index in [9.17, 15) is 14.4 Å². The third kappa shape index (κ3) is 6.42. The van der Waals surface area contributed by atoms with Gasteiger partial charge in [-0.25, -0.2) is 4.98 Å². The van der Waals surface area contributed by atoms with Crippen LogP contribution < -0.4 is 20.9 Å². The van der Waals surface area contributed by atoms with Crippen molar-refractivity contribution in [3.05, 3.63) is 60.0 Å². The molecule has 2 saturated heterocycles. The van der Waals surface area contributed by atoms with Crippen molar-refractivity contribution in [2.45, 2.75) is 12.8 Å². The molecule has 0 atom stereocenters. The second-order valence-corrected chi connectivity index (χ2v) is 11.4. The molecular weight excluding hydrogens is 616 g/mol. The number of H-pyrrole nitrogens is 2. The third-order valence-electron chi connectivity index (χ3n) is 8.61. The molecule has 1 aromatic carbocycles. The highest BCUT2D eigenvalue weighted by Gasteiger charge is 2.32. The lowest BCUT2D eigenvalue weighted by Gasteiger charge is -2.37. The van der Waals surface area contributed by atoms with Gasteiger partial charge in [-0.1, -0.05) is 18.2 Å². The number of guanidine groups is 1. The van der Waals surface area contributed by atoms with Gasteiger partial charge in [-0.2, -0.15) is 15.2 Å². The van der Waals surface area contributed by atoms with Crippen LogP contribution in [0, 0.1) is 0 Å². The lowest BCUT2D eigenvalue weighted by Crippen LogP contribution is -2.55. The first-order valence-corrected chi connectivity index (χ1v) is 15.7. The van der Waals surface area contributed by atoms with Crippen LogP contribution >= 0.6 is 0 Å². The lowest BCUT2D eigenvalue weighted by molar-refractivity contribution is -0.127. The predicted molar refractivity (Wildman–Crippen MR) is 181 cm³/mol. The molecule has 16 nitrogen and oxygen atoms in total. The number of para-hydroxylation sites is 1. The number of likely N-dealkylation sites (tertiary alicyclic amines) is 1. The first-order valence-electron chi connectivity index (χ1n) is 15.7. The third-order valence-corrected chi connectivity index (χ3v) is 8.61. The fourth-order valence-electron chi connectivity index (χ4n) is 6.10. The van der Waals surface area contributed by atoms with Crippen LogP contribution in [-0.4, -0.2) is 125 Å². The lowest BCUT2D eigenvalue weighted by atomic mass is 10.1. The summed E-state index contributed by atoms with van der Waals surface area (Å²) in [5.74, 6) is 4.81. The van der Waals surface area contributed by atoms with Crippen LogP contribution in [0.25, 0.3) is 22.3 Å². The van der Waals surface area contributed by atoms with Crippen LogP contribution in [0.2, 0.25) is 0 Å². The summed E-state index contributed by atoms with van der Waals surface area (Å²) in [5.41, 5.74) is 2.40. The van der Waals surface area contributed by atoms with Crippen LogP contribution in [0.4, 0.5) is 5.69 Å². The molecule has 2 aliphatic heterocycles. The normalized spacial score (nSPS) is 15.5. The van der Waals surface area contributed by atoms with E-state index in [1.807, 2.05) is 35.2 Å². The monoisotopic (exact) mass is 654 g/mol. The number of hydrazone groups is 2. The molecular formula is C32H38N12O4. The Hall–Kier alpha value is -5.77. The Kier molecular flexibility index (Phi) is 9.61. The fourth-order valence-corrected chi connectivity index (χ4v) is 6.10. The standard InChI is InChI=1S/C32H38N12O4/c1-34-44(21-8-4-3-5-9-21)32(38-33)43-16-14-42(15-17-43)31(47)29(45)22-19-36-28-26(22)25(48-2)20-37-27(28)23-18-24(40-39-23)30(46)35-10-13-41-11-6-7-12-41/h3-5,8-9,18-20,36H,1,6-7,10-17,33H2,2H3,(H,35,46)(H,39,40)/b38-32-. The van der Waals surface area contributed by atoms with Gasteiger partial charge in [0.05, 0.1) is 35.5 Å². The zero-order valence-corrected chi connectivity index (χ0v) is 26.7. The molecule has 2 fully saturated rings. The molecule has 0 radical (unpaired) electrons. The van der Waals surface area contributed by atoms with Crippen molar-refractivity contribution in [3.8, 4) is 17.1 Å². The van der Waals surface area contributed by atoms with Crippen LogP contribution in [0.5, 0.6) is 5.75 Å². The number of aromatic amines is 2. The van der Waals surface area contributed by atoms with E-state index in [4.69, 9.17) is 10.6 Å². The van der Waals surface area contributed by atoms with E-state index < -0.39 is 11.7 Å². The van der Waals surface area contributed by atoms with Crippen LogP contribution in [0.3, 0.4) is 0 Å². The number of carbonyl (C=O) groups excluding carboxylic acids is 3. The smallest absolute Gasteiger partial charge is 0.295 e. The number of benzene rings is 1. The van der Waals surface area contributed by atoms with Gasteiger partial charge in [0, 0.05) is 52.2 Å². The summed E-state index contributed by atoms with van der Waals surface area (Å²) < 4.78 is 5.54. The van der Waals surface area contributed by atoms with Crippen molar-refractivity contribution in [1.29, 1.82) is 0 Å². The van der Waals surface area contributed by atoms with Crippen molar-refractivity contribution in [2.24, 2.45) is 16.0 Å². The Balaban J connectivity index is 1.15. The number of carbonyl (C=O) groups is 3. The molecule has 0 bridgehead atoms. The summed E-state index contributed by atoms with van der Waals surface area (Å²) in [6.45, 7) is 8.34. The number of ketones is 1. The Morgan fingerprint density at radius 1 is 1.08 bits per heavy atom. The highest BCUT2D eigenvalue weighted by atomic mass is 16.5. The number of anilines is 1. The number of nitrogens with one attached hydrogen (secondary N) is 3. The molecule has 4 aromatic rings. The average molecular weight is 655 g/mol. The van der Waals surface area contributed by atoms with E-state index in [0.717, 1.165) is 25.3 Å². The predicted octanol–water partition coefficient (Wildman–Crippen LogP) is 1.47. The number of aromatic nitrogens is 4. The summed E-state index contributed by atoms with van der Waals surface area (Å²) in [5, 5.41) is 20.0. The maximum atomic E-state index is 13.7. The maximum absolute atomic E-state index is 13.7. The number of nitrogens with two attached hydrogens (primary N) is 1. The van der Waals surface area contributed by atoms with E-state index in [1.54, 1.807) is 6.07 Å². The zero-order valence-electron chi connectivity index (χ0n) is 26.7. The van der Waals surface area contributed by atoms with Crippen molar-refractivity contribution >= 4 is 46.9 Å². The highest BCUT2D eigenvalue weighted by molar-refractivity contribution is 6.45. The summed E-state index contributed by atoms with van der Waals surface area (Å²) in [6.07, 6.45) is 5.32. The van der Waals surface area contributed by atoms with Gasteiger partial charge in [0.15, 0.2) is 0 Å². The van der Waals surface area contributed by atoms with Gasteiger partial charge < -0.3 is 35.6 Å². The molecule has 5 N–H and O–H groups in total. The molecule has 6 rings (SSSR count). The number of methoxy groups -OCH3 is 1. The van der Waals surface area contributed by atoms with Gasteiger partial charge in [-0.05, 0) is 44.1 Å². The van der Waals surface area contributed by atoms with E-state index >= 15 is 0 Å². The number of pyridine rings is 1. The topological polar surface area (TPSA) is 194 Å². The van der Waals surface area contributed by atoms with E-state index in [1.165, 1.54) is 42.3 Å². The highest BCUT2D eigenvalue weighted by Crippen LogP contribution is 2.34.